The highest BCUT2D eigenvalue weighted by Crippen LogP contribution is 2.30. The van der Waals surface area contributed by atoms with E-state index in [1.165, 1.54) is 4.31 Å². The Morgan fingerprint density at radius 2 is 1.72 bits per heavy atom. The van der Waals surface area contributed by atoms with E-state index in [2.05, 4.69) is 5.32 Å². The van der Waals surface area contributed by atoms with E-state index in [9.17, 15) is 23.1 Å². The molecule has 1 fully saturated rings. The maximum absolute atomic E-state index is 14.4. The highest BCUT2D eigenvalue weighted by atomic mass is 32.2. The summed E-state index contributed by atoms with van der Waals surface area (Å²) < 4.78 is 40.9. The second-order valence-corrected chi connectivity index (χ2v) is 15.5. The van der Waals surface area contributed by atoms with Gasteiger partial charge in [0.1, 0.15) is 5.75 Å². The minimum Gasteiger partial charge on any atom is -0.490 e. The summed E-state index contributed by atoms with van der Waals surface area (Å²) in [5, 5.41) is 13.3. The number of nitrogens with one attached hydrogen (secondary N) is 1. The lowest BCUT2D eigenvalue weighted by Crippen LogP contribution is -2.48. The van der Waals surface area contributed by atoms with Crippen molar-refractivity contribution in [3.8, 4) is 5.75 Å². The second-order valence-electron chi connectivity index (χ2n) is 13.4. The first kappa shape index (κ1) is 36.8. The standard InChI is InChI=1S/C36H53N3O7S/c1-25-14-17-31(18-15-25)47(43,44)38(5)23-34-26(2)22-39(27(3)24-40)36(42)32-21-30(37-35(41)29-12-7-6-8-13-29)16-19-33(32)46-28(4)11-9-10-20-45-34/h14-19,21,26-29,34,40H,6-13,20,22-24H2,1-5H3,(H,37,41)/t26-,27-,28-,34+/m0/s1. The Hall–Kier alpha value is -2.99. The zero-order chi connectivity index (χ0) is 34.1. The summed E-state index contributed by atoms with van der Waals surface area (Å²) in [7, 11) is -2.22. The van der Waals surface area contributed by atoms with Crippen LogP contribution in [0, 0.1) is 18.8 Å². The van der Waals surface area contributed by atoms with Crippen molar-refractivity contribution >= 4 is 27.5 Å². The average molecular weight is 672 g/mol. The molecule has 1 aliphatic heterocycles. The van der Waals surface area contributed by atoms with Gasteiger partial charge in [0.25, 0.3) is 5.91 Å². The molecule has 4 rings (SSSR count). The molecule has 1 saturated carbocycles. The van der Waals surface area contributed by atoms with Crippen molar-refractivity contribution < 1.29 is 32.6 Å². The number of nitrogens with zero attached hydrogens (tertiary/aromatic N) is 2. The third kappa shape index (κ3) is 9.78. The van der Waals surface area contributed by atoms with Gasteiger partial charge in [-0.3, -0.25) is 9.59 Å². The highest BCUT2D eigenvalue weighted by Gasteiger charge is 2.32. The van der Waals surface area contributed by atoms with E-state index in [1.807, 2.05) is 20.8 Å². The fourth-order valence-corrected chi connectivity index (χ4v) is 7.50. The fourth-order valence-electron chi connectivity index (χ4n) is 6.31. The molecule has 0 saturated heterocycles. The zero-order valence-electron chi connectivity index (χ0n) is 28.6. The molecule has 260 valence electrons. The number of aryl methyl sites for hydroxylation is 1. The quantitative estimate of drug-likeness (QED) is 0.373. The number of amides is 2. The first-order chi connectivity index (χ1) is 22.4. The molecule has 0 radical (unpaired) electrons. The van der Waals surface area contributed by atoms with Gasteiger partial charge >= 0.3 is 0 Å². The predicted molar refractivity (Wildman–Crippen MR) is 183 cm³/mol. The van der Waals surface area contributed by atoms with Crippen molar-refractivity contribution in [2.45, 2.75) is 102 Å². The molecule has 0 aromatic heterocycles. The molecule has 2 aromatic carbocycles. The fraction of sp³-hybridized carbons (Fsp3) is 0.611. The van der Waals surface area contributed by atoms with E-state index in [0.29, 0.717) is 23.6 Å². The Morgan fingerprint density at radius 1 is 1.04 bits per heavy atom. The monoisotopic (exact) mass is 671 g/mol. The molecule has 1 aliphatic carbocycles. The first-order valence-corrected chi connectivity index (χ1v) is 18.5. The van der Waals surface area contributed by atoms with Gasteiger partial charge < -0.3 is 24.8 Å². The Morgan fingerprint density at radius 3 is 2.40 bits per heavy atom. The summed E-state index contributed by atoms with van der Waals surface area (Å²) in [4.78, 5) is 29.3. The smallest absolute Gasteiger partial charge is 0.258 e. The van der Waals surface area contributed by atoms with Crippen LogP contribution in [-0.2, 0) is 19.6 Å². The molecule has 1 heterocycles. The number of hydrogen-bond donors (Lipinski definition) is 2. The van der Waals surface area contributed by atoms with Gasteiger partial charge in [-0.25, -0.2) is 8.42 Å². The van der Waals surface area contributed by atoms with Gasteiger partial charge in [-0.05, 0) is 83.2 Å². The Kier molecular flexibility index (Phi) is 13.2. The Bertz CT molecular complexity index is 1440. The SMILES string of the molecule is Cc1ccc(S(=O)(=O)N(C)C[C@H]2OCCCC[C@H](C)Oc3ccc(NC(=O)C4CCCCC4)cc3C(=O)N([C@@H](C)CO)C[C@@H]2C)cc1. The van der Waals surface area contributed by atoms with Gasteiger partial charge in [0.2, 0.25) is 15.9 Å². The number of carbonyl (C=O) groups is 2. The third-order valence-corrected chi connectivity index (χ3v) is 11.3. The van der Waals surface area contributed by atoms with Crippen molar-refractivity contribution in [1.82, 2.24) is 9.21 Å². The minimum absolute atomic E-state index is 0.0359. The number of ether oxygens (including phenoxy) is 2. The maximum atomic E-state index is 14.4. The lowest BCUT2D eigenvalue weighted by atomic mass is 9.88. The number of benzene rings is 2. The van der Waals surface area contributed by atoms with Crippen molar-refractivity contribution in [3.05, 3.63) is 53.6 Å². The van der Waals surface area contributed by atoms with Crippen molar-refractivity contribution in [3.63, 3.8) is 0 Å². The molecule has 2 aromatic rings. The lowest BCUT2D eigenvalue weighted by Gasteiger charge is -2.35. The summed E-state index contributed by atoms with van der Waals surface area (Å²) in [5.74, 6) is -0.281. The molecule has 0 spiro atoms. The molecule has 2 aliphatic rings. The van der Waals surface area contributed by atoms with Gasteiger partial charge in [0.05, 0.1) is 35.3 Å². The molecule has 0 bridgehead atoms. The summed E-state index contributed by atoms with van der Waals surface area (Å²) in [6.07, 6.45) is 6.57. The molecule has 11 heteroatoms. The second kappa shape index (κ2) is 16.9. The molecule has 0 unspecified atom stereocenters. The van der Waals surface area contributed by atoms with Gasteiger partial charge in [-0.2, -0.15) is 4.31 Å². The average Bonchev–Trinajstić information content (AvgIpc) is 3.06. The number of sulfonamides is 1. The van der Waals surface area contributed by atoms with Crippen molar-refractivity contribution in [2.24, 2.45) is 11.8 Å². The number of hydrogen-bond acceptors (Lipinski definition) is 7. The van der Waals surface area contributed by atoms with Crippen LogP contribution >= 0.6 is 0 Å². The zero-order valence-corrected chi connectivity index (χ0v) is 29.4. The third-order valence-electron chi connectivity index (χ3n) is 9.46. The summed E-state index contributed by atoms with van der Waals surface area (Å²) in [6.45, 7) is 8.05. The Labute approximate surface area is 280 Å². The molecule has 2 amide bonds. The maximum Gasteiger partial charge on any atom is 0.258 e. The van der Waals surface area contributed by atoms with Crippen LogP contribution in [0.25, 0.3) is 0 Å². The highest BCUT2D eigenvalue weighted by molar-refractivity contribution is 7.89. The van der Waals surface area contributed by atoms with Crippen LogP contribution in [0.15, 0.2) is 47.4 Å². The molecule has 4 atom stereocenters. The Balaban J connectivity index is 1.62. The summed E-state index contributed by atoms with van der Waals surface area (Å²) >= 11 is 0. The number of likely N-dealkylation sites (N-methyl/N-ethyl adjacent to an activating group) is 1. The normalized spacial score (nSPS) is 23.0. The van der Waals surface area contributed by atoms with Crippen LogP contribution in [0.2, 0.25) is 0 Å². The molecule has 2 N–H and O–H groups in total. The minimum atomic E-state index is -3.77. The van der Waals surface area contributed by atoms with E-state index >= 15 is 0 Å². The number of fused-ring (bicyclic) bond motifs is 1. The molecular formula is C36H53N3O7S. The van der Waals surface area contributed by atoms with E-state index in [4.69, 9.17) is 9.47 Å². The number of aliphatic hydroxyl groups is 1. The van der Waals surface area contributed by atoms with Crippen LogP contribution < -0.4 is 10.1 Å². The van der Waals surface area contributed by atoms with Crippen LogP contribution in [0.5, 0.6) is 5.75 Å². The van der Waals surface area contributed by atoms with E-state index in [0.717, 1.165) is 56.9 Å². The molecule has 10 nitrogen and oxygen atoms in total. The van der Waals surface area contributed by atoms with Gasteiger partial charge in [-0.15, -0.1) is 0 Å². The van der Waals surface area contributed by atoms with E-state index in [1.54, 1.807) is 61.3 Å². The van der Waals surface area contributed by atoms with Crippen molar-refractivity contribution in [1.29, 1.82) is 0 Å². The first-order valence-electron chi connectivity index (χ1n) is 17.1. The molecular weight excluding hydrogens is 618 g/mol. The van der Waals surface area contributed by atoms with Crippen LogP contribution in [0.3, 0.4) is 0 Å². The lowest BCUT2D eigenvalue weighted by molar-refractivity contribution is -0.120. The van der Waals surface area contributed by atoms with Crippen molar-refractivity contribution in [2.75, 3.05) is 38.7 Å². The summed E-state index contributed by atoms with van der Waals surface area (Å²) in [6, 6.07) is 11.4. The number of aliphatic hydroxyl groups excluding tert-OH is 1. The number of carbonyl (C=O) groups excluding carboxylic acids is 2. The topological polar surface area (TPSA) is 125 Å². The predicted octanol–water partition coefficient (Wildman–Crippen LogP) is 5.63. The van der Waals surface area contributed by atoms with Crippen LogP contribution in [0.4, 0.5) is 5.69 Å². The van der Waals surface area contributed by atoms with E-state index in [-0.39, 0.29) is 54.3 Å². The number of anilines is 1. The van der Waals surface area contributed by atoms with Gasteiger partial charge in [0, 0.05) is 44.3 Å². The largest absolute Gasteiger partial charge is 0.490 e. The summed E-state index contributed by atoms with van der Waals surface area (Å²) in [5.41, 5.74) is 1.80. The van der Waals surface area contributed by atoms with Crippen LogP contribution in [0.1, 0.15) is 88.1 Å². The number of rotatable bonds is 8. The van der Waals surface area contributed by atoms with Crippen LogP contribution in [-0.4, -0.2) is 86.1 Å². The molecule has 47 heavy (non-hydrogen) atoms. The van der Waals surface area contributed by atoms with Gasteiger partial charge in [-0.1, -0.05) is 43.9 Å². The van der Waals surface area contributed by atoms with E-state index < -0.39 is 22.2 Å². The van der Waals surface area contributed by atoms with Gasteiger partial charge in [0.15, 0.2) is 0 Å².